The van der Waals surface area contributed by atoms with Gasteiger partial charge in [-0.05, 0) is 50.7 Å². The molecular formula is C14H19N5S. The summed E-state index contributed by atoms with van der Waals surface area (Å²) in [4.78, 5) is 2.30. The van der Waals surface area contributed by atoms with Crippen LogP contribution in [0.1, 0.15) is 25.2 Å². The van der Waals surface area contributed by atoms with Gasteiger partial charge in [-0.25, -0.2) is 0 Å². The molecule has 20 heavy (non-hydrogen) atoms. The highest BCUT2D eigenvalue weighted by Gasteiger charge is 2.01. The summed E-state index contributed by atoms with van der Waals surface area (Å²) >= 11 is 5.10. The zero-order chi connectivity index (χ0) is 14.5. The summed E-state index contributed by atoms with van der Waals surface area (Å²) in [5.74, 6) is 0.742. The van der Waals surface area contributed by atoms with Crippen molar-refractivity contribution in [3.8, 4) is 0 Å². The summed E-state index contributed by atoms with van der Waals surface area (Å²) in [5, 5.41) is 11.1. The second kappa shape index (κ2) is 6.47. The minimum Gasteiger partial charge on any atom is -0.372 e. The van der Waals surface area contributed by atoms with Gasteiger partial charge in [0, 0.05) is 18.8 Å². The number of benzene rings is 1. The molecule has 2 aromatic rings. The highest BCUT2D eigenvalue weighted by molar-refractivity contribution is 7.71. The maximum Gasteiger partial charge on any atom is 0.216 e. The summed E-state index contributed by atoms with van der Waals surface area (Å²) < 4.78 is 2.10. The smallest absolute Gasteiger partial charge is 0.216 e. The molecule has 0 atom stereocenters. The molecule has 0 aliphatic heterocycles. The van der Waals surface area contributed by atoms with Gasteiger partial charge >= 0.3 is 0 Å². The average Bonchev–Trinajstić information content (AvgIpc) is 2.78. The van der Waals surface area contributed by atoms with Crippen LogP contribution in [0.25, 0.3) is 0 Å². The molecule has 106 valence electrons. The monoisotopic (exact) mass is 289 g/mol. The molecule has 0 unspecified atom stereocenters. The third-order valence-corrected chi connectivity index (χ3v) is 3.42. The van der Waals surface area contributed by atoms with Crippen LogP contribution in [0.2, 0.25) is 0 Å². The Hall–Kier alpha value is -1.95. The third-order valence-electron chi connectivity index (χ3n) is 3.16. The van der Waals surface area contributed by atoms with Gasteiger partial charge in [0.25, 0.3) is 0 Å². The fourth-order valence-corrected chi connectivity index (χ4v) is 2.22. The fraction of sp³-hybridized carbons (Fsp3) is 0.357. The van der Waals surface area contributed by atoms with E-state index in [2.05, 4.69) is 58.3 Å². The number of aryl methyl sites for hydroxylation is 1. The summed E-state index contributed by atoms with van der Waals surface area (Å²) in [5.41, 5.74) is 2.26. The molecule has 1 aromatic heterocycles. The van der Waals surface area contributed by atoms with Crippen LogP contribution in [0.5, 0.6) is 0 Å². The maximum atomic E-state index is 5.10. The number of anilines is 1. The molecule has 2 rings (SSSR count). The molecule has 6 heteroatoms. The molecule has 0 radical (unpaired) electrons. The molecule has 0 saturated heterocycles. The second-order valence-electron chi connectivity index (χ2n) is 4.40. The number of aromatic amines is 1. The normalized spacial score (nSPS) is 11.2. The zero-order valence-corrected chi connectivity index (χ0v) is 12.8. The standard InChI is InChI=1S/C14H19N5S/c1-4-18(5-2)13-8-6-12(7-9-13)10-15-19-11(3)16-17-14(19)20/h6-10H,4-5H2,1-3H3,(H,17,20)/b15-10+. The molecule has 1 N–H and O–H groups in total. The van der Waals surface area contributed by atoms with E-state index in [1.165, 1.54) is 5.69 Å². The number of nitrogens with zero attached hydrogens (tertiary/aromatic N) is 4. The van der Waals surface area contributed by atoms with Gasteiger partial charge in [-0.3, -0.25) is 5.10 Å². The number of nitrogens with one attached hydrogen (secondary N) is 1. The SMILES string of the molecule is CCN(CC)c1ccc(/C=N/n2c(C)n[nH]c2=S)cc1. The first-order chi connectivity index (χ1) is 9.65. The van der Waals surface area contributed by atoms with Crippen LogP contribution < -0.4 is 4.90 Å². The van der Waals surface area contributed by atoms with Crippen molar-refractivity contribution < 1.29 is 0 Å². The van der Waals surface area contributed by atoms with Gasteiger partial charge in [0.2, 0.25) is 4.77 Å². The Kier molecular flexibility index (Phi) is 4.68. The van der Waals surface area contributed by atoms with Gasteiger partial charge < -0.3 is 4.90 Å². The summed E-state index contributed by atoms with van der Waals surface area (Å²) in [6, 6.07) is 8.32. The predicted molar refractivity (Wildman–Crippen MR) is 85.1 cm³/mol. The Morgan fingerprint density at radius 3 is 2.45 bits per heavy atom. The van der Waals surface area contributed by atoms with Gasteiger partial charge in [0.05, 0.1) is 6.21 Å². The molecule has 0 saturated carbocycles. The van der Waals surface area contributed by atoms with Crippen LogP contribution in [-0.2, 0) is 0 Å². The predicted octanol–water partition coefficient (Wildman–Crippen LogP) is 2.98. The van der Waals surface area contributed by atoms with Crippen LogP contribution in [0.15, 0.2) is 29.4 Å². The van der Waals surface area contributed by atoms with Crippen molar-refractivity contribution >= 4 is 24.1 Å². The van der Waals surface area contributed by atoms with E-state index >= 15 is 0 Å². The maximum absolute atomic E-state index is 5.10. The lowest BCUT2D eigenvalue weighted by Crippen LogP contribution is -2.21. The quantitative estimate of drug-likeness (QED) is 0.680. The molecular weight excluding hydrogens is 270 g/mol. The number of aromatic nitrogens is 3. The van der Waals surface area contributed by atoms with Crippen LogP contribution in [0, 0.1) is 11.7 Å². The number of rotatable bonds is 5. The van der Waals surface area contributed by atoms with Crippen LogP contribution in [0.4, 0.5) is 5.69 Å². The Morgan fingerprint density at radius 1 is 1.30 bits per heavy atom. The van der Waals surface area contributed by atoms with E-state index in [1.54, 1.807) is 10.9 Å². The van der Waals surface area contributed by atoms with Gasteiger partial charge in [0.1, 0.15) is 5.82 Å². The lowest BCUT2D eigenvalue weighted by molar-refractivity contribution is 0.821. The Balaban J connectivity index is 2.17. The highest BCUT2D eigenvalue weighted by Crippen LogP contribution is 2.14. The third kappa shape index (κ3) is 3.14. The van der Waals surface area contributed by atoms with Gasteiger partial charge in [0.15, 0.2) is 0 Å². The topological polar surface area (TPSA) is 49.2 Å². The van der Waals surface area contributed by atoms with E-state index in [9.17, 15) is 0 Å². The van der Waals surface area contributed by atoms with E-state index in [4.69, 9.17) is 12.2 Å². The Bertz CT molecular complexity index is 634. The highest BCUT2D eigenvalue weighted by atomic mass is 32.1. The molecule has 0 fully saturated rings. The number of hydrogen-bond donors (Lipinski definition) is 1. The number of hydrogen-bond acceptors (Lipinski definition) is 4. The van der Waals surface area contributed by atoms with Gasteiger partial charge in [-0.15, -0.1) is 0 Å². The average molecular weight is 289 g/mol. The second-order valence-corrected chi connectivity index (χ2v) is 4.78. The van der Waals surface area contributed by atoms with Gasteiger partial charge in [-0.2, -0.15) is 14.9 Å². The molecule has 0 bridgehead atoms. The molecule has 5 nitrogen and oxygen atoms in total. The van der Waals surface area contributed by atoms with Crippen molar-refractivity contribution in [2.45, 2.75) is 20.8 Å². The lowest BCUT2D eigenvalue weighted by atomic mass is 10.2. The first-order valence-corrected chi connectivity index (χ1v) is 7.10. The Labute approximate surface area is 123 Å². The molecule has 0 spiro atoms. The minimum absolute atomic E-state index is 0.499. The lowest BCUT2D eigenvalue weighted by Gasteiger charge is -2.20. The van der Waals surface area contributed by atoms with Crippen molar-refractivity contribution in [1.29, 1.82) is 0 Å². The van der Waals surface area contributed by atoms with Crippen molar-refractivity contribution in [3.63, 3.8) is 0 Å². The van der Waals surface area contributed by atoms with Crippen LogP contribution in [0.3, 0.4) is 0 Å². The summed E-state index contributed by atoms with van der Waals surface area (Å²) in [6.07, 6.45) is 1.78. The van der Waals surface area contributed by atoms with Crippen molar-refractivity contribution in [3.05, 3.63) is 40.4 Å². The van der Waals surface area contributed by atoms with Gasteiger partial charge in [-0.1, -0.05) is 12.1 Å². The first kappa shape index (κ1) is 14.5. The van der Waals surface area contributed by atoms with E-state index in [0.29, 0.717) is 4.77 Å². The molecule has 1 heterocycles. The largest absolute Gasteiger partial charge is 0.372 e. The Morgan fingerprint density at radius 2 is 1.95 bits per heavy atom. The number of H-pyrrole nitrogens is 1. The first-order valence-electron chi connectivity index (χ1n) is 6.69. The fourth-order valence-electron chi connectivity index (χ4n) is 1.99. The summed E-state index contributed by atoms with van der Waals surface area (Å²) in [6.45, 7) is 8.18. The minimum atomic E-state index is 0.499. The summed E-state index contributed by atoms with van der Waals surface area (Å²) in [7, 11) is 0. The van der Waals surface area contributed by atoms with E-state index in [-0.39, 0.29) is 0 Å². The van der Waals surface area contributed by atoms with Crippen molar-refractivity contribution in [2.24, 2.45) is 5.10 Å². The van der Waals surface area contributed by atoms with Crippen molar-refractivity contribution in [2.75, 3.05) is 18.0 Å². The molecule has 0 amide bonds. The van der Waals surface area contributed by atoms with Crippen molar-refractivity contribution in [1.82, 2.24) is 14.9 Å². The van der Waals surface area contributed by atoms with E-state index in [1.807, 2.05) is 6.92 Å². The van der Waals surface area contributed by atoms with Crippen LogP contribution >= 0.6 is 12.2 Å². The van der Waals surface area contributed by atoms with E-state index < -0.39 is 0 Å². The zero-order valence-electron chi connectivity index (χ0n) is 12.0. The van der Waals surface area contributed by atoms with Crippen LogP contribution in [-0.4, -0.2) is 34.2 Å². The molecule has 0 aliphatic carbocycles. The van der Waals surface area contributed by atoms with E-state index in [0.717, 1.165) is 24.5 Å². The molecule has 1 aromatic carbocycles. The molecule has 0 aliphatic rings.